The van der Waals surface area contributed by atoms with Gasteiger partial charge in [0, 0.05) is 0 Å². The van der Waals surface area contributed by atoms with Crippen LogP contribution in [0.5, 0.6) is 5.75 Å². The molecule has 0 saturated heterocycles. The lowest BCUT2D eigenvalue weighted by Gasteiger charge is -2.07. The molecule has 2 aromatic carbocycles. The molecule has 0 N–H and O–H groups in total. The number of benzene rings is 2. The summed E-state index contributed by atoms with van der Waals surface area (Å²) in [5.41, 5.74) is 2.48. The van der Waals surface area contributed by atoms with Gasteiger partial charge in [0.15, 0.2) is 0 Å². The van der Waals surface area contributed by atoms with Crippen molar-refractivity contribution in [1.82, 2.24) is 0 Å². The SMILES string of the molecule is CCCCCCOc1ccc(-c2ccccc2)cc1. The summed E-state index contributed by atoms with van der Waals surface area (Å²) in [6, 6.07) is 18.8. The van der Waals surface area contributed by atoms with Gasteiger partial charge in [-0.05, 0) is 29.7 Å². The number of hydrogen-bond donors (Lipinski definition) is 0. The van der Waals surface area contributed by atoms with E-state index in [1.165, 1.54) is 30.4 Å². The van der Waals surface area contributed by atoms with E-state index in [9.17, 15) is 0 Å². The van der Waals surface area contributed by atoms with Crippen molar-refractivity contribution in [2.45, 2.75) is 32.6 Å². The van der Waals surface area contributed by atoms with Crippen molar-refractivity contribution < 1.29 is 4.74 Å². The zero-order valence-electron chi connectivity index (χ0n) is 11.6. The standard InChI is InChI=1S/C18H22O/c1-2-3-4-8-15-19-18-13-11-17(12-14-18)16-9-6-5-7-10-16/h5-7,9-14H,2-4,8,15H2,1H3. The van der Waals surface area contributed by atoms with E-state index >= 15 is 0 Å². The minimum absolute atomic E-state index is 0.824. The molecule has 0 aliphatic heterocycles. The van der Waals surface area contributed by atoms with Gasteiger partial charge in [-0.1, -0.05) is 68.7 Å². The monoisotopic (exact) mass is 254 g/mol. The van der Waals surface area contributed by atoms with Gasteiger partial charge in [0.2, 0.25) is 0 Å². The zero-order chi connectivity index (χ0) is 13.3. The lowest BCUT2D eigenvalue weighted by molar-refractivity contribution is 0.305. The smallest absolute Gasteiger partial charge is 0.119 e. The quantitative estimate of drug-likeness (QED) is 0.608. The molecule has 0 amide bonds. The minimum atomic E-state index is 0.824. The highest BCUT2D eigenvalue weighted by molar-refractivity contribution is 5.63. The molecule has 1 nitrogen and oxygen atoms in total. The van der Waals surface area contributed by atoms with Crippen molar-refractivity contribution in [2.75, 3.05) is 6.61 Å². The van der Waals surface area contributed by atoms with E-state index in [0.717, 1.165) is 18.8 Å². The van der Waals surface area contributed by atoms with Crippen molar-refractivity contribution >= 4 is 0 Å². The van der Waals surface area contributed by atoms with Gasteiger partial charge in [0.25, 0.3) is 0 Å². The van der Waals surface area contributed by atoms with E-state index in [1.54, 1.807) is 0 Å². The summed E-state index contributed by atoms with van der Waals surface area (Å²) in [6.45, 7) is 3.05. The Kier molecular flexibility index (Phi) is 5.49. The molecule has 100 valence electrons. The lowest BCUT2D eigenvalue weighted by Crippen LogP contribution is -1.96. The van der Waals surface area contributed by atoms with Crippen LogP contribution in [0.3, 0.4) is 0 Å². The molecule has 0 spiro atoms. The van der Waals surface area contributed by atoms with E-state index in [1.807, 2.05) is 6.07 Å². The molecule has 0 aliphatic rings. The molecule has 2 rings (SSSR count). The van der Waals surface area contributed by atoms with Crippen molar-refractivity contribution in [3.05, 3.63) is 54.6 Å². The summed E-state index contributed by atoms with van der Waals surface area (Å²) in [5, 5.41) is 0. The molecule has 0 saturated carbocycles. The van der Waals surface area contributed by atoms with Crippen LogP contribution >= 0.6 is 0 Å². The van der Waals surface area contributed by atoms with Crippen LogP contribution in [0.15, 0.2) is 54.6 Å². The third kappa shape index (κ3) is 4.44. The maximum atomic E-state index is 5.74. The molecule has 0 heterocycles. The van der Waals surface area contributed by atoms with Crippen LogP contribution in [0.4, 0.5) is 0 Å². The Morgan fingerprint density at radius 2 is 1.42 bits per heavy atom. The first-order valence-electron chi connectivity index (χ1n) is 7.18. The highest BCUT2D eigenvalue weighted by Crippen LogP contribution is 2.22. The normalized spacial score (nSPS) is 10.4. The minimum Gasteiger partial charge on any atom is -0.494 e. The molecule has 0 bridgehead atoms. The van der Waals surface area contributed by atoms with E-state index in [4.69, 9.17) is 4.74 Å². The number of unbranched alkanes of at least 4 members (excludes halogenated alkanes) is 3. The Morgan fingerprint density at radius 3 is 2.11 bits per heavy atom. The third-order valence-electron chi connectivity index (χ3n) is 3.23. The Morgan fingerprint density at radius 1 is 0.737 bits per heavy atom. The second-order valence-electron chi connectivity index (χ2n) is 4.80. The topological polar surface area (TPSA) is 9.23 Å². The summed E-state index contributed by atoms with van der Waals surface area (Å²) in [4.78, 5) is 0. The fourth-order valence-electron chi connectivity index (χ4n) is 2.09. The predicted octanol–water partition coefficient (Wildman–Crippen LogP) is 5.31. The molecule has 0 unspecified atom stereocenters. The first kappa shape index (κ1) is 13.7. The van der Waals surface area contributed by atoms with E-state index in [2.05, 4.69) is 55.5 Å². The number of hydrogen-bond acceptors (Lipinski definition) is 1. The summed E-state index contributed by atoms with van der Waals surface area (Å²) in [5.74, 6) is 0.969. The lowest BCUT2D eigenvalue weighted by atomic mass is 10.1. The molecule has 19 heavy (non-hydrogen) atoms. The summed E-state index contributed by atoms with van der Waals surface area (Å²) >= 11 is 0. The summed E-state index contributed by atoms with van der Waals surface area (Å²) in [7, 11) is 0. The van der Waals surface area contributed by atoms with E-state index in [0.29, 0.717) is 0 Å². The summed E-state index contributed by atoms with van der Waals surface area (Å²) < 4.78 is 5.74. The second kappa shape index (κ2) is 7.63. The van der Waals surface area contributed by atoms with Crippen LogP contribution in [0, 0.1) is 0 Å². The Hall–Kier alpha value is -1.76. The van der Waals surface area contributed by atoms with E-state index in [-0.39, 0.29) is 0 Å². The first-order valence-corrected chi connectivity index (χ1v) is 7.18. The summed E-state index contributed by atoms with van der Waals surface area (Å²) in [6.07, 6.45) is 4.98. The molecular weight excluding hydrogens is 232 g/mol. The van der Waals surface area contributed by atoms with Crippen molar-refractivity contribution in [3.63, 3.8) is 0 Å². The molecule has 0 radical (unpaired) electrons. The van der Waals surface area contributed by atoms with Gasteiger partial charge in [0.05, 0.1) is 6.61 Å². The number of ether oxygens (including phenoxy) is 1. The average Bonchev–Trinajstić information content (AvgIpc) is 2.49. The van der Waals surface area contributed by atoms with E-state index < -0.39 is 0 Å². The molecule has 0 atom stereocenters. The first-order chi connectivity index (χ1) is 9.40. The fourth-order valence-corrected chi connectivity index (χ4v) is 2.09. The van der Waals surface area contributed by atoms with Crippen LogP contribution in [0.25, 0.3) is 11.1 Å². The number of rotatable bonds is 7. The highest BCUT2D eigenvalue weighted by atomic mass is 16.5. The van der Waals surface area contributed by atoms with Gasteiger partial charge < -0.3 is 4.74 Å². The van der Waals surface area contributed by atoms with Gasteiger partial charge in [-0.3, -0.25) is 0 Å². The van der Waals surface area contributed by atoms with Gasteiger partial charge in [-0.25, -0.2) is 0 Å². The van der Waals surface area contributed by atoms with Gasteiger partial charge in [0.1, 0.15) is 5.75 Å². The Labute approximate surface area is 116 Å². The van der Waals surface area contributed by atoms with Crippen LogP contribution in [0.1, 0.15) is 32.6 Å². The van der Waals surface area contributed by atoms with Gasteiger partial charge >= 0.3 is 0 Å². The van der Waals surface area contributed by atoms with Crippen molar-refractivity contribution in [1.29, 1.82) is 0 Å². The maximum Gasteiger partial charge on any atom is 0.119 e. The molecule has 2 aromatic rings. The van der Waals surface area contributed by atoms with Crippen LogP contribution < -0.4 is 4.74 Å². The Balaban J connectivity index is 1.85. The largest absolute Gasteiger partial charge is 0.494 e. The molecule has 0 fully saturated rings. The molecule has 1 heteroatoms. The van der Waals surface area contributed by atoms with Crippen LogP contribution in [-0.4, -0.2) is 6.61 Å². The predicted molar refractivity (Wildman–Crippen MR) is 81.5 cm³/mol. The van der Waals surface area contributed by atoms with Crippen molar-refractivity contribution in [3.8, 4) is 16.9 Å². The van der Waals surface area contributed by atoms with Crippen LogP contribution in [-0.2, 0) is 0 Å². The molecule has 0 aromatic heterocycles. The van der Waals surface area contributed by atoms with Gasteiger partial charge in [-0.2, -0.15) is 0 Å². The molecule has 0 aliphatic carbocycles. The average molecular weight is 254 g/mol. The maximum absolute atomic E-state index is 5.74. The second-order valence-corrected chi connectivity index (χ2v) is 4.80. The fraction of sp³-hybridized carbons (Fsp3) is 0.333. The Bertz CT molecular complexity index is 459. The highest BCUT2D eigenvalue weighted by Gasteiger charge is 1.98. The zero-order valence-corrected chi connectivity index (χ0v) is 11.6. The van der Waals surface area contributed by atoms with Crippen LogP contribution in [0.2, 0.25) is 0 Å². The van der Waals surface area contributed by atoms with Crippen molar-refractivity contribution in [2.24, 2.45) is 0 Å². The molecular formula is C18H22O. The van der Waals surface area contributed by atoms with Gasteiger partial charge in [-0.15, -0.1) is 0 Å². The third-order valence-corrected chi connectivity index (χ3v) is 3.23.